The SMILES string of the molecule is O=C(C#CCNC(=O)OCC1c2ccccc2-c2ccccc21)N[C@H]1C[C@@H]2C[C@]2(C(=O)O)C1. The molecule has 7 heteroatoms. The number of carboxylic acid groups (broad SMARTS) is 1. The number of carbonyl (C=O) groups excluding carboxylic acids is 2. The second-order valence-corrected chi connectivity index (χ2v) is 8.95. The third kappa shape index (κ3) is 3.93. The maximum Gasteiger partial charge on any atom is 0.407 e. The number of aliphatic carboxylic acids is 1. The van der Waals surface area contributed by atoms with Gasteiger partial charge in [0.25, 0.3) is 5.91 Å². The second-order valence-electron chi connectivity index (χ2n) is 8.95. The van der Waals surface area contributed by atoms with Crippen LogP contribution in [0.25, 0.3) is 11.1 Å². The van der Waals surface area contributed by atoms with Gasteiger partial charge in [-0.15, -0.1) is 0 Å². The summed E-state index contributed by atoms with van der Waals surface area (Å²) >= 11 is 0. The van der Waals surface area contributed by atoms with Crippen LogP contribution >= 0.6 is 0 Å². The van der Waals surface area contributed by atoms with E-state index >= 15 is 0 Å². The molecular weight excluding hydrogens is 420 g/mol. The molecule has 0 unspecified atom stereocenters. The summed E-state index contributed by atoms with van der Waals surface area (Å²) in [4.78, 5) is 35.5. The van der Waals surface area contributed by atoms with Gasteiger partial charge in [0.1, 0.15) is 6.61 Å². The summed E-state index contributed by atoms with van der Waals surface area (Å²) in [5.74, 6) is 3.95. The lowest BCUT2D eigenvalue weighted by Crippen LogP contribution is -2.34. The van der Waals surface area contributed by atoms with Gasteiger partial charge in [-0.2, -0.15) is 0 Å². The topological polar surface area (TPSA) is 105 Å². The third-order valence-corrected chi connectivity index (χ3v) is 7.04. The number of nitrogens with one attached hydrogen (secondary N) is 2. The summed E-state index contributed by atoms with van der Waals surface area (Å²) in [6, 6.07) is 16.1. The number of ether oxygens (including phenoxy) is 1. The van der Waals surface area contributed by atoms with Gasteiger partial charge in [-0.1, -0.05) is 54.5 Å². The fraction of sp³-hybridized carbons (Fsp3) is 0.346. The highest BCUT2D eigenvalue weighted by molar-refractivity contribution is 5.94. The zero-order chi connectivity index (χ0) is 23.0. The Balaban J connectivity index is 1.08. The fourth-order valence-corrected chi connectivity index (χ4v) is 5.38. The van der Waals surface area contributed by atoms with E-state index < -0.39 is 23.4 Å². The Hall–Kier alpha value is -3.79. The molecule has 33 heavy (non-hydrogen) atoms. The predicted molar refractivity (Wildman–Crippen MR) is 120 cm³/mol. The molecule has 0 spiro atoms. The van der Waals surface area contributed by atoms with E-state index in [0.717, 1.165) is 22.3 Å². The Bertz CT molecular complexity index is 1150. The highest BCUT2D eigenvalue weighted by atomic mass is 16.5. The van der Waals surface area contributed by atoms with Crippen molar-refractivity contribution in [3.8, 4) is 23.0 Å². The van der Waals surface area contributed by atoms with Crippen molar-refractivity contribution in [1.29, 1.82) is 0 Å². The smallest absolute Gasteiger partial charge is 0.407 e. The summed E-state index contributed by atoms with van der Waals surface area (Å²) in [7, 11) is 0. The molecule has 0 bridgehead atoms. The number of amides is 2. The minimum Gasteiger partial charge on any atom is -0.481 e. The summed E-state index contributed by atoms with van der Waals surface area (Å²) in [6.45, 7) is 0.193. The molecule has 0 radical (unpaired) electrons. The van der Waals surface area contributed by atoms with Crippen molar-refractivity contribution in [3.05, 3.63) is 59.7 Å². The highest BCUT2D eigenvalue weighted by Gasteiger charge is 2.65. The van der Waals surface area contributed by atoms with Gasteiger partial charge in [-0.3, -0.25) is 9.59 Å². The van der Waals surface area contributed by atoms with Crippen LogP contribution < -0.4 is 10.6 Å². The van der Waals surface area contributed by atoms with Crippen molar-refractivity contribution in [2.24, 2.45) is 11.3 Å². The number of fused-ring (bicyclic) bond motifs is 4. The molecule has 3 atom stereocenters. The number of rotatable bonds is 5. The van der Waals surface area contributed by atoms with Gasteiger partial charge in [-0.05, 0) is 53.4 Å². The van der Waals surface area contributed by atoms with E-state index in [1.54, 1.807) is 0 Å². The molecular formula is C26H24N2O5. The molecule has 0 saturated heterocycles. The minimum absolute atomic E-state index is 0.0174. The number of carbonyl (C=O) groups is 3. The number of benzene rings is 2. The molecule has 0 aromatic heterocycles. The first kappa shape index (κ1) is 21.1. The van der Waals surface area contributed by atoms with Crippen LogP contribution in [0, 0.1) is 23.2 Å². The van der Waals surface area contributed by atoms with Gasteiger partial charge in [-0.25, -0.2) is 4.79 Å². The van der Waals surface area contributed by atoms with E-state index in [0.29, 0.717) is 19.3 Å². The van der Waals surface area contributed by atoms with Gasteiger partial charge < -0.3 is 20.5 Å². The van der Waals surface area contributed by atoms with E-state index in [4.69, 9.17) is 4.74 Å². The van der Waals surface area contributed by atoms with Crippen LogP contribution in [0.2, 0.25) is 0 Å². The Morgan fingerprint density at radius 3 is 2.33 bits per heavy atom. The molecule has 3 aliphatic carbocycles. The third-order valence-electron chi connectivity index (χ3n) is 7.04. The van der Waals surface area contributed by atoms with Crippen molar-refractivity contribution in [3.63, 3.8) is 0 Å². The Morgan fingerprint density at radius 2 is 1.70 bits per heavy atom. The van der Waals surface area contributed by atoms with Crippen molar-refractivity contribution < 1.29 is 24.2 Å². The lowest BCUT2D eigenvalue weighted by Gasteiger charge is -2.14. The number of alkyl carbamates (subject to hydrolysis) is 1. The quantitative estimate of drug-likeness (QED) is 0.615. The summed E-state index contributed by atoms with van der Waals surface area (Å²) < 4.78 is 5.43. The largest absolute Gasteiger partial charge is 0.481 e. The molecule has 3 aliphatic rings. The minimum atomic E-state index is -0.775. The van der Waals surface area contributed by atoms with E-state index in [2.05, 4.69) is 46.7 Å². The number of hydrogen-bond acceptors (Lipinski definition) is 4. The molecule has 7 nitrogen and oxygen atoms in total. The van der Waals surface area contributed by atoms with E-state index in [1.807, 2.05) is 24.3 Å². The summed E-state index contributed by atoms with van der Waals surface area (Å²) in [6.07, 6.45) is 1.24. The van der Waals surface area contributed by atoms with Gasteiger partial charge >= 0.3 is 12.1 Å². The maximum absolute atomic E-state index is 12.1. The zero-order valence-corrected chi connectivity index (χ0v) is 18.0. The fourth-order valence-electron chi connectivity index (χ4n) is 5.38. The summed E-state index contributed by atoms with van der Waals surface area (Å²) in [5.41, 5.74) is 3.95. The van der Waals surface area contributed by atoms with Crippen molar-refractivity contribution in [1.82, 2.24) is 10.6 Å². The average molecular weight is 444 g/mol. The lowest BCUT2D eigenvalue weighted by molar-refractivity contribution is -0.143. The Labute approximate surface area is 191 Å². The summed E-state index contributed by atoms with van der Waals surface area (Å²) in [5, 5.41) is 14.6. The standard InChI is InChI=1S/C26H24N2O5/c29-23(28-17-12-16-13-26(16,14-17)24(30)31)10-5-11-27-25(32)33-15-22-20-8-3-1-6-18(20)19-7-2-4-9-21(19)22/h1-4,6-9,16-17,22H,11-15H2,(H,27,32)(H,28,29)(H,30,31)/t16-,17+,26+/m1/s1. The van der Waals surface area contributed by atoms with Crippen LogP contribution in [0.5, 0.6) is 0 Å². The first-order valence-corrected chi connectivity index (χ1v) is 11.1. The van der Waals surface area contributed by atoms with Crippen LogP contribution in [-0.2, 0) is 14.3 Å². The van der Waals surface area contributed by atoms with Crippen LogP contribution in [0.4, 0.5) is 4.79 Å². The Kier molecular flexibility index (Phi) is 5.29. The molecule has 2 aromatic carbocycles. The van der Waals surface area contributed by atoms with Crippen molar-refractivity contribution in [2.75, 3.05) is 13.2 Å². The predicted octanol–water partition coefficient (Wildman–Crippen LogP) is 2.90. The molecule has 2 fully saturated rings. The van der Waals surface area contributed by atoms with Crippen LogP contribution in [0.3, 0.4) is 0 Å². The second kappa shape index (κ2) is 8.28. The molecule has 0 heterocycles. The molecule has 2 aromatic rings. The molecule has 2 amide bonds. The monoisotopic (exact) mass is 444 g/mol. The first-order chi connectivity index (χ1) is 16.0. The van der Waals surface area contributed by atoms with Crippen molar-refractivity contribution in [2.45, 2.75) is 31.2 Å². The average Bonchev–Trinajstić information content (AvgIpc) is 3.24. The van der Waals surface area contributed by atoms with E-state index in [9.17, 15) is 19.5 Å². The van der Waals surface area contributed by atoms with Crippen LogP contribution in [-0.4, -0.2) is 42.3 Å². The lowest BCUT2D eigenvalue weighted by atomic mass is 9.98. The highest BCUT2D eigenvalue weighted by Crippen LogP contribution is 2.63. The molecule has 168 valence electrons. The molecule has 3 N–H and O–H groups in total. The van der Waals surface area contributed by atoms with E-state index in [1.165, 1.54) is 0 Å². The van der Waals surface area contributed by atoms with Gasteiger partial charge in [0, 0.05) is 12.0 Å². The van der Waals surface area contributed by atoms with Crippen LogP contribution in [0.15, 0.2) is 48.5 Å². The number of carboxylic acids is 1. The molecule has 2 saturated carbocycles. The normalized spacial score (nSPS) is 23.9. The van der Waals surface area contributed by atoms with E-state index in [-0.39, 0.29) is 31.0 Å². The van der Waals surface area contributed by atoms with Crippen LogP contribution in [0.1, 0.15) is 36.3 Å². The Morgan fingerprint density at radius 1 is 1.03 bits per heavy atom. The van der Waals surface area contributed by atoms with Gasteiger partial charge in [0.2, 0.25) is 0 Å². The van der Waals surface area contributed by atoms with Gasteiger partial charge in [0.15, 0.2) is 0 Å². The van der Waals surface area contributed by atoms with Gasteiger partial charge in [0.05, 0.1) is 12.0 Å². The molecule has 0 aliphatic heterocycles. The number of hydrogen-bond donors (Lipinski definition) is 3. The van der Waals surface area contributed by atoms with Crippen molar-refractivity contribution >= 4 is 18.0 Å². The zero-order valence-electron chi connectivity index (χ0n) is 18.0. The first-order valence-electron chi connectivity index (χ1n) is 11.1. The molecule has 5 rings (SSSR count). The maximum atomic E-state index is 12.1.